The average Bonchev–Trinajstić information content (AvgIpc) is 2.79. The number of aromatic nitrogens is 1. The first-order valence-corrected chi connectivity index (χ1v) is 6.63. The lowest BCUT2D eigenvalue weighted by Crippen LogP contribution is -2.29. The summed E-state index contributed by atoms with van der Waals surface area (Å²) in [5.74, 6) is -1.22. The molecule has 1 aromatic heterocycles. The monoisotopic (exact) mass is 307 g/mol. The van der Waals surface area contributed by atoms with E-state index in [0.29, 0.717) is 6.42 Å². The molecular formula is C14H14FN3O2S. The lowest BCUT2D eigenvalue weighted by atomic mass is 10.1. The van der Waals surface area contributed by atoms with Crippen LogP contribution < -0.4 is 11.2 Å². The van der Waals surface area contributed by atoms with E-state index in [1.54, 1.807) is 28.9 Å². The van der Waals surface area contributed by atoms with Gasteiger partial charge in [-0.2, -0.15) is 0 Å². The van der Waals surface area contributed by atoms with Crippen LogP contribution in [-0.4, -0.2) is 20.9 Å². The Morgan fingerprint density at radius 2 is 1.95 bits per heavy atom. The van der Waals surface area contributed by atoms with Gasteiger partial charge in [0.15, 0.2) is 5.11 Å². The van der Waals surface area contributed by atoms with Gasteiger partial charge in [-0.1, -0.05) is 0 Å². The van der Waals surface area contributed by atoms with Gasteiger partial charge in [-0.05, 0) is 48.6 Å². The van der Waals surface area contributed by atoms with Crippen molar-refractivity contribution >= 4 is 23.3 Å². The van der Waals surface area contributed by atoms with Gasteiger partial charge >= 0.3 is 5.97 Å². The molecule has 2 rings (SSSR count). The Balaban J connectivity index is 2.38. The summed E-state index contributed by atoms with van der Waals surface area (Å²) >= 11 is 4.84. The Hall–Kier alpha value is -2.41. The Kier molecular flexibility index (Phi) is 4.54. The second-order valence-corrected chi connectivity index (χ2v) is 4.86. The predicted octanol–water partition coefficient (Wildman–Crippen LogP) is 2.10. The number of hydrogen-bond acceptors (Lipinski definition) is 2. The molecule has 0 amide bonds. The van der Waals surface area contributed by atoms with Crippen molar-refractivity contribution in [1.29, 1.82) is 0 Å². The average molecular weight is 307 g/mol. The summed E-state index contributed by atoms with van der Waals surface area (Å²) in [4.78, 5) is 10.7. The third kappa shape index (κ3) is 3.79. The fourth-order valence-electron chi connectivity index (χ4n) is 2.00. The van der Waals surface area contributed by atoms with Gasteiger partial charge in [-0.25, -0.2) is 4.39 Å². The number of benzene rings is 1. The van der Waals surface area contributed by atoms with Crippen LogP contribution in [0.5, 0.6) is 0 Å². The molecule has 0 saturated heterocycles. The molecule has 21 heavy (non-hydrogen) atoms. The fourth-order valence-corrected chi connectivity index (χ4v) is 2.09. The molecule has 0 aliphatic rings. The minimum absolute atomic E-state index is 0.00805. The van der Waals surface area contributed by atoms with Crippen LogP contribution in [0.1, 0.15) is 12.1 Å². The first-order valence-electron chi connectivity index (χ1n) is 6.22. The van der Waals surface area contributed by atoms with Crippen molar-refractivity contribution in [2.24, 2.45) is 5.73 Å². The Morgan fingerprint density at radius 3 is 2.52 bits per heavy atom. The summed E-state index contributed by atoms with van der Waals surface area (Å²) in [7, 11) is 0. The van der Waals surface area contributed by atoms with E-state index in [1.807, 2.05) is 0 Å². The maximum Gasteiger partial charge on any atom is 0.303 e. The molecule has 0 fully saturated rings. The van der Waals surface area contributed by atoms with Crippen molar-refractivity contribution in [1.82, 2.24) is 4.68 Å². The van der Waals surface area contributed by atoms with Gasteiger partial charge in [0.1, 0.15) is 5.82 Å². The van der Waals surface area contributed by atoms with Crippen molar-refractivity contribution in [3.8, 4) is 11.3 Å². The van der Waals surface area contributed by atoms with E-state index in [9.17, 15) is 9.18 Å². The maximum atomic E-state index is 13.0. The zero-order chi connectivity index (χ0) is 15.4. The molecule has 7 heteroatoms. The Bertz CT molecular complexity index is 667. The standard InChI is InChI=1S/C14H14FN3O2S/c15-10-3-1-9(2-4-10)12-7-5-11(6-8-13(19)20)18(12)17-14(16)21/h1-5,7H,6,8H2,(H,19,20)(H3,16,17,21). The highest BCUT2D eigenvalue weighted by atomic mass is 32.1. The molecule has 0 atom stereocenters. The summed E-state index contributed by atoms with van der Waals surface area (Å²) in [6, 6.07) is 9.55. The molecule has 0 saturated carbocycles. The molecule has 5 nitrogen and oxygen atoms in total. The van der Waals surface area contributed by atoms with E-state index in [4.69, 9.17) is 23.1 Å². The zero-order valence-corrected chi connectivity index (χ0v) is 11.9. The van der Waals surface area contributed by atoms with Gasteiger partial charge in [-0.15, -0.1) is 0 Å². The number of thiocarbonyl (C=S) groups is 1. The number of carboxylic acids is 1. The smallest absolute Gasteiger partial charge is 0.303 e. The van der Waals surface area contributed by atoms with Crippen molar-refractivity contribution in [3.63, 3.8) is 0 Å². The van der Waals surface area contributed by atoms with Crippen LogP contribution in [0.2, 0.25) is 0 Å². The van der Waals surface area contributed by atoms with Gasteiger partial charge in [0.05, 0.1) is 12.1 Å². The van der Waals surface area contributed by atoms with E-state index in [2.05, 4.69) is 5.43 Å². The zero-order valence-electron chi connectivity index (χ0n) is 11.0. The summed E-state index contributed by atoms with van der Waals surface area (Å²) in [5.41, 5.74) is 10.5. The third-order valence-corrected chi connectivity index (χ3v) is 3.01. The highest BCUT2D eigenvalue weighted by molar-refractivity contribution is 7.80. The van der Waals surface area contributed by atoms with Crippen molar-refractivity contribution < 1.29 is 14.3 Å². The van der Waals surface area contributed by atoms with Gasteiger partial charge < -0.3 is 10.8 Å². The molecule has 4 N–H and O–H groups in total. The number of nitrogens with two attached hydrogens (primary N) is 1. The van der Waals surface area contributed by atoms with Gasteiger partial charge in [0.2, 0.25) is 0 Å². The molecule has 0 aliphatic heterocycles. The van der Waals surface area contributed by atoms with Crippen LogP contribution in [0.4, 0.5) is 4.39 Å². The van der Waals surface area contributed by atoms with Crippen molar-refractivity contribution in [2.45, 2.75) is 12.8 Å². The molecule has 0 aliphatic carbocycles. The Morgan fingerprint density at radius 1 is 1.29 bits per heavy atom. The highest BCUT2D eigenvalue weighted by Gasteiger charge is 2.12. The molecule has 1 heterocycles. The first kappa shape index (κ1) is 15.0. The number of aryl methyl sites for hydroxylation is 1. The van der Waals surface area contributed by atoms with E-state index in [1.165, 1.54) is 12.1 Å². The second kappa shape index (κ2) is 6.36. The summed E-state index contributed by atoms with van der Waals surface area (Å²) in [5, 5.41) is 8.84. The minimum Gasteiger partial charge on any atom is -0.481 e. The van der Waals surface area contributed by atoms with Crippen molar-refractivity contribution in [2.75, 3.05) is 5.43 Å². The molecule has 1 aromatic carbocycles. The van der Waals surface area contributed by atoms with E-state index in [-0.39, 0.29) is 17.4 Å². The van der Waals surface area contributed by atoms with E-state index in [0.717, 1.165) is 17.0 Å². The lowest BCUT2D eigenvalue weighted by Gasteiger charge is -2.14. The quantitative estimate of drug-likeness (QED) is 0.737. The summed E-state index contributed by atoms with van der Waals surface area (Å²) in [6.45, 7) is 0. The van der Waals surface area contributed by atoms with Crippen molar-refractivity contribution in [3.05, 3.63) is 47.9 Å². The van der Waals surface area contributed by atoms with Gasteiger partial charge in [0.25, 0.3) is 0 Å². The highest BCUT2D eigenvalue weighted by Crippen LogP contribution is 2.22. The van der Waals surface area contributed by atoms with E-state index >= 15 is 0 Å². The summed E-state index contributed by atoms with van der Waals surface area (Å²) < 4.78 is 14.6. The molecule has 0 radical (unpaired) electrons. The predicted molar refractivity (Wildman–Crippen MR) is 81.9 cm³/mol. The lowest BCUT2D eigenvalue weighted by molar-refractivity contribution is -0.136. The minimum atomic E-state index is -0.888. The summed E-state index contributed by atoms with van der Waals surface area (Å²) in [6.07, 6.45) is 0.317. The Labute approximate surface area is 126 Å². The number of rotatable bonds is 5. The van der Waals surface area contributed by atoms with Gasteiger partial charge in [-0.3, -0.25) is 14.9 Å². The van der Waals surface area contributed by atoms with Crippen LogP contribution >= 0.6 is 12.2 Å². The number of nitrogens with one attached hydrogen (secondary N) is 1. The number of halogens is 1. The molecule has 0 spiro atoms. The molecule has 2 aromatic rings. The second-order valence-electron chi connectivity index (χ2n) is 4.42. The SMILES string of the molecule is NC(=S)Nn1c(CCC(=O)O)ccc1-c1ccc(F)cc1. The third-order valence-electron chi connectivity index (χ3n) is 2.92. The number of aliphatic carboxylic acids is 1. The fraction of sp³-hybridized carbons (Fsp3) is 0.143. The van der Waals surface area contributed by atoms with Crippen LogP contribution in [0, 0.1) is 5.82 Å². The number of nitrogens with zero attached hydrogens (tertiary/aromatic N) is 1. The molecule has 0 unspecified atom stereocenters. The maximum absolute atomic E-state index is 13.0. The van der Waals surface area contributed by atoms with Crippen LogP contribution in [-0.2, 0) is 11.2 Å². The topological polar surface area (TPSA) is 80.3 Å². The molecular weight excluding hydrogens is 293 g/mol. The van der Waals surface area contributed by atoms with Gasteiger partial charge in [0, 0.05) is 17.7 Å². The number of carboxylic acid groups (broad SMARTS) is 1. The van der Waals surface area contributed by atoms with Crippen LogP contribution in [0.3, 0.4) is 0 Å². The normalized spacial score (nSPS) is 10.3. The molecule has 110 valence electrons. The molecule has 0 bridgehead atoms. The number of carbonyl (C=O) groups is 1. The van der Waals surface area contributed by atoms with E-state index < -0.39 is 5.97 Å². The van der Waals surface area contributed by atoms with Crippen LogP contribution in [0.25, 0.3) is 11.3 Å². The first-order chi connectivity index (χ1) is 9.97. The largest absolute Gasteiger partial charge is 0.481 e. The van der Waals surface area contributed by atoms with Crippen LogP contribution in [0.15, 0.2) is 36.4 Å². The number of hydrogen-bond donors (Lipinski definition) is 3.